The number of anilines is 1. The zero-order chi connectivity index (χ0) is 13.4. The summed E-state index contributed by atoms with van der Waals surface area (Å²) in [6, 6.07) is 4.09. The molecule has 1 fully saturated rings. The van der Waals surface area contributed by atoms with Crippen molar-refractivity contribution in [1.29, 1.82) is 0 Å². The molecule has 1 saturated heterocycles. The van der Waals surface area contributed by atoms with Gasteiger partial charge in [0.05, 0.1) is 5.69 Å². The first kappa shape index (κ1) is 12.3. The Kier molecular flexibility index (Phi) is 3.06. The lowest BCUT2D eigenvalue weighted by Gasteiger charge is -2.24. The van der Waals surface area contributed by atoms with E-state index in [1.54, 1.807) is 0 Å². The molecule has 2 heterocycles. The van der Waals surface area contributed by atoms with Crippen molar-refractivity contribution in [3.8, 4) is 11.5 Å². The molecule has 0 saturated carbocycles. The van der Waals surface area contributed by atoms with Crippen molar-refractivity contribution in [3.63, 3.8) is 0 Å². The van der Waals surface area contributed by atoms with E-state index in [-0.39, 0.29) is 11.9 Å². The lowest BCUT2D eigenvalue weighted by Crippen LogP contribution is -2.30. The fourth-order valence-corrected chi connectivity index (χ4v) is 2.60. The SMILES string of the molecule is CNC1CC(=O)N(c2cc3c(cc2C)OCCO3)C1. The standard InChI is InChI=1S/C14H18N2O3/c1-9-5-12-13(19-4-3-18-12)7-11(9)16-8-10(15-2)6-14(16)17/h5,7,10,15H,3-4,6,8H2,1-2H3. The van der Waals surface area contributed by atoms with Gasteiger partial charge < -0.3 is 19.7 Å². The number of benzene rings is 1. The predicted molar refractivity (Wildman–Crippen MR) is 72.0 cm³/mol. The molecule has 0 radical (unpaired) electrons. The quantitative estimate of drug-likeness (QED) is 0.867. The summed E-state index contributed by atoms with van der Waals surface area (Å²) < 4.78 is 11.1. The van der Waals surface area contributed by atoms with Crippen LogP contribution in [0.25, 0.3) is 0 Å². The number of likely N-dealkylation sites (N-methyl/N-ethyl adjacent to an activating group) is 1. The number of rotatable bonds is 2. The number of ether oxygens (including phenoxy) is 2. The van der Waals surface area contributed by atoms with E-state index in [2.05, 4.69) is 5.32 Å². The highest BCUT2D eigenvalue weighted by Gasteiger charge is 2.31. The van der Waals surface area contributed by atoms with Crippen LogP contribution < -0.4 is 19.7 Å². The topological polar surface area (TPSA) is 50.8 Å². The summed E-state index contributed by atoms with van der Waals surface area (Å²) in [7, 11) is 1.89. The average molecular weight is 262 g/mol. The highest BCUT2D eigenvalue weighted by Crippen LogP contribution is 2.37. The molecule has 1 atom stereocenters. The Morgan fingerprint density at radius 1 is 1.26 bits per heavy atom. The van der Waals surface area contributed by atoms with Gasteiger partial charge in [0.1, 0.15) is 13.2 Å². The summed E-state index contributed by atoms with van der Waals surface area (Å²) in [6.45, 7) is 3.84. The van der Waals surface area contributed by atoms with Crippen molar-refractivity contribution in [3.05, 3.63) is 17.7 Å². The number of carbonyl (C=O) groups is 1. The lowest BCUT2D eigenvalue weighted by molar-refractivity contribution is -0.117. The van der Waals surface area contributed by atoms with Crippen LogP contribution in [0, 0.1) is 6.92 Å². The summed E-state index contributed by atoms with van der Waals surface area (Å²) in [5.41, 5.74) is 1.96. The molecular formula is C14H18N2O3. The molecular weight excluding hydrogens is 244 g/mol. The largest absolute Gasteiger partial charge is 0.486 e. The first-order valence-electron chi connectivity index (χ1n) is 6.57. The number of carbonyl (C=O) groups excluding carboxylic acids is 1. The van der Waals surface area contributed by atoms with Crippen molar-refractivity contribution < 1.29 is 14.3 Å². The molecule has 0 aliphatic carbocycles. The van der Waals surface area contributed by atoms with E-state index < -0.39 is 0 Å². The van der Waals surface area contributed by atoms with Gasteiger partial charge in [-0.3, -0.25) is 4.79 Å². The molecule has 1 N–H and O–H groups in total. The molecule has 3 rings (SSSR count). The van der Waals surface area contributed by atoms with Crippen LogP contribution in [-0.2, 0) is 4.79 Å². The zero-order valence-electron chi connectivity index (χ0n) is 11.2. The Hall–Kier alpha value is -1.75. The first-order chi connectivity index (χ1) is 9.19. The molecule has 2 aliphatic heterocycles. The maximum Gasteiger partial charge on any atom is 0.228 e. The van der Waals surface area contributed by atoms with Gasteiger partial charge in [0.25, 0.3) is 0 Å². The monoisotopic (exact) mass is 262 g/mol. The van der Waals surface area contributed by atoms with E-state index >= 15 is 0 Å². The predicted octanol–water partition coefficient (Wildman–Crippen LogP) is 1.09. The van der Waals surface area contributed by atoms with Gasteiger partial charge in [-0.05, 0) is 25.6 Å². The molecule has 19 heavy (non-hydrogen) atoms. The third-order valence-corrected chi connectivity index (χ3v) is 3.68. The minimum atomic E-state index is 0.152. The number of amides is 1. The maximum absolute atomic E-state index is 12.1. The van der Waals surface area contributed by atoms with E-state index in [4.69, 9.17) is 9.47 Å². The number of aryl methyl sites for hydroxylation is 1. The number of hydrogen-bond acceptors (Lipinski definition) is 4. The van der Waals surface area contributed by atoms with Crippen LogP contribution in [-0.4, -0.2) is 38.8 Å². The summed E-state index contributed by atoms with van der Waals surface area (Å²) in [4.78, 5) is 13.9. The Bertz CT molecular complexity index is 516. The van der Waals surface area contributed by atoms with Crippen LogP contribution >= 0.6 is 0 Å². The van der Waals surface area contributed by atoms with Crippen molar-refractivity contribution in [2.75, 3.05) is 31.7 Å². The number of hydrogen-bond donors (Lipinski definition) is 1. The number of fused-ring (bicyclic) bond motifs is 1. The van der Waals surface area contributed by atoms with Crippen molar-refractivity contribution >= 4 is 11.6 Å². The van der Waals surface area contributed by atoms with Gasteiger partial charge in [0, 0.05) is 25.1 Å². The van der Waals surface area contributed by atoms with Gasteiger partial charge >= 0.3 is 0 Å². The highest BCUT2D eigenvalue weighted by molar-refractivity contribution is 5.97. The van der Waals surface area contributed by atoms with E-state index in [0.717, 1.165) is 22.7 Å². The van der Waals surface area contributed by atoms with Gasteiger partial charge in [-0.15, -0.1) is 0 Å². The van der Waals surface area contributed by atoms with Crippen LogP contribution in [0.3, 0.4) is 0 Å². The third kappa shape index (κ3) is 2.14. The molecule has 5 heteroatoms. The van der Waals surface area contributed by atoms with Crippen LogP contribution in [0.4, 0.5) is 5.69 Å². The van der Waals surface area contributed by atoms with E-state index in [9.17, 15) is 4.79 Å². The summed E-state index contributed by atoms with van der Waals surface area (Å²) in [5.74, 6) is 1.65. The molecule has 1 amide bonds. The smallest absolute Gasteiger partial charge is 0.228 e. The zero-order valence-corrected chi connectivity index (χ0v) is 11.2. The second-order valence-electron chi connectivity index (χ2n) is 4.98. The Labute approximate surface area is 112 Å². The van der Waals surface area contributed by atoms with Crippen LogP contribution in [0.5, 0.6) is 11.5 Å². The first-order valence-corrected chi connectivity index (χ1v) is 6.57. The Balaban J connectivity index is 1.94. The second-order valence-corrected chi connectivity index (χ2v) is 4.98. The molecule has 1 aromatic carbocycles. The molecule has 0 spiro atoms. The number of nitrogens with zero attached hydrogens (tertiary/aromatic N) is 1. The van der Waals surface area contributed by atoms with Gasteiger partial charge in [-0.25, -0.2) is 0 Å². The minimum absolute atomic E-state index is 0.152. The van der Waals surface area contributed by atoms with Crippen molar-refractivity contribution in [2.45, 2.75) is 19.4 Å². The molecule has 0 bridgehead atoms. The fraction of sp³-hybridized carbons (Fsp3) is 0.500. The Morgan fingerprint density at radius 3 is 2.58 bits per heavy atom. The number of nitrogens with one attached hydrogen (secondary N) is 1. The van der Waals surface area contributed by atoms with Crippen LogP contribution in [0.2, 0.25) is 0 Å². The van der Waals surface area contributed by atoms with Crippen molar-refractivity contribution in [2.24, 2.45) is 0 Å². The van der Waals surface area contributed by atoms with Crippen molar-refractivity contribution in [1.82, 2.24) is 5.32 Å². The van der Waals surface area contributed by atoms with Gasteiger partial charge in [-0.1, -0.05) is 0 Å². The Morgan fingerprint density at radius 2 is 1.95 bits per heavy atom. The molecule has 1 unspecified atom stereocenters. The molecule has 2 aliphatic rings. The van der Waals surface area contributed by atoms with E-state index in [0.29, 0.717) is 26.2 Å². The normalized spacial score (nSPS) is 21.9. The molecule has 1 aromatic rings. The summed E-state index contributed by atoms with van der Waals surface area (Å²) >= 11 is 0. The maximum atomic E-state index is 12.1. The molecule has 0 aromatic heterocycles. The van der Waals surface area contributed by atoms with E-state index in [1.807, 2.05) is 31.0 Å². The van der Waals surface area contributed by atoms with Gasteiger partial charge in [0.2, 0.25) is 5.91 Å². The minimum Gasteiger partial charge on any atom is -0.486 e. The highest BCUT2D eigenvalue weighted by atomic mass is 16.6. The van der Waals surface area contributed by atoms with Crippen LogP contribution in [0.1, 0.15) is 12.0 Å². The van der Waals surface area contributed by atoms with Crippen LogP contribution in [0.15, 0.2) is 12.1 Å². The third-order valence-electron chi connectivity index (χ3n) is 3.68. The van der Waals surface area contributed by atoms with Gasteiger partial charge in [-0.2, -0.15) is 0 Å². The lowest BCUT2D eigenvalue weighted by atomic mass is 10.1. The second kappa shape index (κ2) is 4.74. The van der Waals surface area contributed by atoms with Gasteiger partial charge in [0.15, 0.2) is 11.5 Å². The summed E-state index contributed by atoms with van der Waals surface area (Å²) in [6.07, 6.45) is 0.546. The molecule has 5 nitrogen and oxygen atoms in total. The fourth-order valence-electron chi connectivity index (χ4n) is 2.60. The average Bonchev–Trinajstić information content (AvgIpc) is 2.79. The molecule has 102 valence electrons. The summed E-state index contributed by atoms with van der Waals surface area (Å²) in [5, 5.41) is 3.16. The van der Waals surface area contributed by atoms with E-state index in [1.165, 1.54) is 0 Å².